The van der Waals surface area contributed by atoms with Crippen LogP contribution in [0.25, 0.3) is 22.5 Å². The van der Waals surface area contributed by atoms with Gasteiger partial charge in [0.15, 0.2) is 0 Å². The Bertz CT molecular complexity index is 1100. The first kappa shape index (κ1) is 19.0. The molecule has 0 aliphatic heterocycles. The Hall–Kier alpha value is -4.82. The molecular formula is C14H6N6O9. The van der Waals surface area contributed by atoms with Gasteiger partial charge in [0, 0.05) is 12.1 Å². The van der Waals surface area contributed by atoms with Crippen molar-refractivity contribution in [3.8, 4) is 22.5 Å². The van der Waals surface area contributed by atoms with Crippen molar-refractivity contribution in [2.75, 3.05) is 0 Å². The molecule has 15 heteroatoms. The zero-order chi connectivity index (χ0) is 21.3. The van der Waals surface area contributed by atoms with Gasteiger partial charge in [-0.25, -0.2) is 4.63 Å². The van der Waals surface area contributed by atoms with Crippen LogP contribution in [0.2, 0.25) is 0 Å². The van der Waals surface area contributed by atoms with E-state index < -0.39 is 42.4 Å². The second kappa shape index (κ2) is 7.06. The number of non-ortho nitro benzene ring substituents is 2. The summed E-state index contributed by atoms with van der Waals surface area (Å²) in [4.78, 5) is 41.0. The van der Waals surface area contributed by atoms with Gasteiger partial charge in [-0.1, -0.05) is 0 Å². The van der Waals surface area contributed by atoms with Crippen LogP contribution in [0.15, 0.2) is 41.0 Å². The Balaban J connectivity index is 2.24. The molecule has 0 amide bonds. The summed E-state index contributed by atoms with van der Waals surface area (Å²) in [5.41, 5.74) is -3.62. The van der Waals surface area contributed by atoms with E-state index in [1.54, 1.807) is 0 Å². The minimum Gasteiger partial charge on any atom is -0.258 e. The van der Waals surface area contributed by atoms with Gasteiger partial charge >= 0.3 is 0 Å². The van der Waals surface area contributed by atoms with Gasteiger partial charge in [-0.05, 0) is 22.4 Å². The molecular weight excluding hydrogens is 396 g/mol. The van der Waals surface area contributed by atoms with Crippen LogP contribution >= 0.6 is 0 Å². The van der Waals surface area contributed by atoms with Crippen molar-refractivity contribution in [2.24, 2.45) is 0 Å². The summed E-state index contributed by atoms with van der Waals surface area (Å²) < 4.78 is 4.57. The van der Waals surface area contributed by atoms with E-state index in [-0.39, 0.29) is 22.5 Å². The Morgan fingerprint density at radius 2 is 1.00 bits per heavy atom. The zero-order valence-corrected chi connectivity index (χ0v) is 13.8. The van der Waals surface area contributed by atoms with E-state index in [0.29, 0.717) is 12.1 Å². The van der Waals surface area contributed by atoms with Crippen LogP contribution in [0.5, 0.6) is 0 Å². The molecule has 2 aromatic carbocycles. The molecule has 15 nitrogen and oxygen atoms in total. The summed E-state index contributed by atoms with van der Waals surface area (Å²) in [5, 5.41) is 51.5. The Kier molecular flexibility index (Phi) is 4.62. The molecule has 0 atom stereocenters. The molecule has 0 spiro atoms. The second-order valence-corrected chi connectivity index (χ2v) is 5.39. The number of hydrogen-bond acceptors (Lipinski definition) is 11. The van der Waals surface area contributed by atoms with Crippen LogP contribution in [-0.2, 0) is 0 Å². The molecule has 3 rings (SSSR count). The SMILES string of the molecule is O=[N+]([O-])c1ccc(-c2nonc2-c2ccc([N+](=O)[O-])cc2[N+](=O)[O-])c([N+](=O)[O-])c1. The summed E-state index contributed by atoms with van der Waals surface area (Å²) in [7, 11) is 0. The highest BCUT2D eigenvalue weighted by atomic mass is 16.6. The molecule has 0 bridgehead atoms. The third-order valence-corrected chi connectivity index (χ3v) is 3.78. The molecule has 0 fully saturated rings. The molecule has 0 N–H and O–H groups in total. The molecule has 0 aliphatic carbocycles. The number of nitro benzene ring substituents is 4. The number of nitro groups is 4. The number of aromatic nitrogens is 2. The quantitative estimate of drug-likeness (QED) is 0.431. The average Bonchev–Trinajstić information content (AvgIpc) is 3.16. The van der Waals surface area contributed by atoms with Crippen molar-refractivity contribution >= 4 is 22.7 Å². The van der Waals surface area contributed by atoms with Gasteiger partial charge in [0.05, 0.1) is 43.0 Å². The van der Waals surface area contributed by atoms with E-state index in [1.165, 1.54) is 0 Å². The third kappa shape index (κ3) is 3.42. The van der Waals surface area contributed by atoms with E-state index in [4.69, 9.17) is 0 Å². The lowest BCUT2D eigenvalue weighted by Gasteiger charge is -2.03. The minimum absolute atomic E-state index is 0.246. The van der Waals surface area contributed by atoms with Crippen molar-refractivity contribution in [1.29, 1.82) is 0 Å². The van der Waals surface area contributed by atoms with Gasteiger partial charge in [0.2, 0.25) is 0 Å². The van der Waals surface area contributed by atoms with Crippen LogP contribution in [0.3, 0.4) is 0 Å². The molecule has 29 heavy (non-hydrogen) atoms. The van der Waals surface area contributed by atoms with Gasteiger partial charge in [0.25, 0.3) is 22.7 Å². The lowest BCUT2D eigenvalue weighted by atomic mass is 10.0. The van der Waals surface area contributed by atoms with E-state index in [1.807, 2.05) is 0 Å². The fourth-order valence-electron chi connectivity index (χ4n) is 2.51. The Labute approximate surface area is 157 Å². The van der Waals surface area contributed by atoms with Gasteiger partial charge in [-0.2, -0.15) is 0 Å². The molecule has 1 heterocycles. The highest BCUT2D eigenvalue weighted by Crippen LogP contribution is 2.40. The van der Waals surface area contributed by atoms with Crippen LogP contribution in [0.1, 0.15) is 0 Å². The topological polar surface area (TPSA) is 211 Å². The molecule has 0 aliphatic rings. The number of benzene rings is 2. The van der Waals surface area contributed by atoms with E-state index in [0.717, 1.165) is 24.3 Å². The van der Waals surface area contributed by atoms with Gasteiger partial charge in [-0.3, -0.25) is 40.5 Å². The molecule has 0 radical (unpaired) electrons. The molecule has 0 unspecified atom stereocenters. The van der Waals surface area contributed by atoms with E-state index >= 15 is 0 Å². The van der Waals surface area contributed by atoms with Crippen molar-refractivity contribution in [3.63, 3.8) is 0 Å². The molecule has 146 valence electrons. The fourth-order valence-corrected chi connectivity index (χ4v) is 2.51. The van der Waals surface area contributed by atoms with Gasteiger partial charge in [-0.15, -0.1) is 0 Å². The Morgan fingerprint density at radius 3 is 1.31 bits per heavy atom. The summed E-state index contributed by atoms with van der Waals surface area (Å²) in [6.45, 7) is 0. The van der Waals surface area contributed by atoms with Crippen molar-refractivity contribution in [3.05, 3.63) is 76.9 Å². The molecule has 3 aromatic rings. The maximum absolute atomic E-state index is 11.4. The van der Waals surface area contributed by atoms with E-state index in [9.17, 15) is 40.5 Å². The highest BCUT2D eigenvalue weighted by Gasteiger charge is 2.30. The molecule has 0 saturated heterocycles. The smallest absolute Gasteiger partial charge is 0.258 e. The number of nitrogens with zero attached hydrogens (tertiary/aromatic N) is 6. The highest BCUT2D eigenvalue weighted by molar-refractivity contribution is 5.86. The lowest BCUT2D eigenvalue weighted by molar-refractivity contribution is -0.394. The standard InChI is InChI=1S/C14H6N6O9/c21-17(22)7-1-3-9(11(5-7)19(25)26)13-14(16-29-15-13)10-4-2-8(18(23)24)6-12(10)20(27)28/h1-6H. The largest absolute Gasteiger partial charge is 0.285 e. The van der Waals surface area contributed by atoms with Gasteiger partial charge in [0.1, 0.15) is 11.4 Å². The first-order valence-corrected chi connectivity index (χ1v) is 7.39. The fraction of sp³-hybridized carbons (Fsp3) is 0. The van der Waals surface area contributed by atoms with Crippen molar-refractivity contribution in [2.45, 2.75) is 0 Å². The van der Waals surface area contributed by atoms with E-state index in [2.05, 4.69) is 14.9 Å². The maximum atomic E-state index is 11.4. The lowest BCUT2D eigenvalue weighted by Crippen LogP contribution is -1.98. The molecule has 1 aromatic heterocycles. The summed E-state index contributed by atoms with van der Waals surface area (Å²) >= 11 is 0. The second-order valence-electron chi connectivity index (χ2n) is 5.39. The minimum atomic E-state index is -0.898. The molecule has 0 saturated carbocycles. The summed E-state index contributed by atoms with van der Waals surface area (Å²) in [6.07, 6.45) is 0. The van der Waals surface area contributed by atoms with Gasteiger partial charge < -0.3 is 0 Å². The number of hydrogen-bond donors (Lipinski definition) is 0. The maximum Gasteiger partial charge on any atom is 0.285 e. The predicted molar refractivity (Wildman–Crippen MR) is 91.8 cm³/mol. The summed E-state index contributed by atoms with van der Waals surface area (Å²) in [5.74, 6) is 0. The first-order chi connectivity index (χ1) is 13.7. The monoisotopic (exact) mass is 402 g/mol. The van der Waals surface area contributed by atoms with Crippen LogP contribution in [0, 0.1) is 40.5 Å². The average molecular weight is 402 g/mol. The number of rotatable bonds is 6. The summed E-state index contributed by atoms with van der Waals surface area (Å²) in [6, 6.07) is 5.39. The van der Waals surface area contributed by atoms with Crippen molar-refractivity contribution < 1.29 is 24.3 Å². The van der Waals surface area contributed by atoms with Crippen molar-refractivity contribution in [1.82, 2.24) is 10.3 Å². The van der Waals surface area contributed by atoms with Crippen LogP contribution < -0.4 is 0 Å². The normalized spacial score (nSPS) is 10.5. The predicted octanol–water partition coefficient (Wildman–Crippen LogP) is 3.04. The third-order valence-electron chi connectivity index (χ3n) is 3.78. The Morgan fingerprint density at radius 1 is 0.621 bits per heavy atom. The first-order valence-electron chi connectivity index (χ1n) is 7.39. The van der Waals surface area contributed by atoms with Crippen LogP contribution in [0.4, 0.5) is 22.7 Å². The zero-order valence-electron chi connectivity index (χ0n) is 13.8. The van der Waals surface area contributed by atoms with Crippen LogP contribution in [-0.4, -0.2) is 30.0 Å².